The fourth-order valence-corrected chi connectivity index (χ4v) is 5.70. The first-order valence-corrected chi connectivity index (χ1v) is 11.3. The lowest BCUT2D eigenvalue weighted by molar-refractivity contribution is -0.124. The second kappa shape index (κ2) is 7.50. The Morgan fingerprint density at radius 1 is 1.11 bits per heavy atom. The molecule has 2 aromatic rings. The predicted octanol–water partition coefficient (Wildman–Crippen LogP) is 3.34. The van der Waals surface area contributed by atoms with E-state index in [0.29, 0.717) is 31.0 Å². The molecule has 0 unspecified atom stereocenters. The first kappa shape index (κ1) is 19.4. The third-order valence-electron chi connectivity index (χ3n) is 5.77. The number of hydrogen-bond donors (Lipinski definition) is 1. The summed E-state index contributed by atoms with van der Waals surface area (Å²) in [7, 11) is -3.73. The quantitative estimate of drug-likeness (QED) is 0.782. The minimum absolute atomic E-state index is 0.00456. The molecule has 148 valence electrons. The number of nitrogens with zero attached hydrogens (tertiary/aromatic N) is 1. The van der Waals surface area contributed by atoms with Crippen LogP contribution >= 0.6 is 11.6 Å². The summed E-state index contributed by atoms with van der Waals surface area (Å²) < 4.78 is 27.3. The van der Waals surface area contributed by atoms with E-state index in [1.165, 1.54) is 22.0 Å². The zero-order valence-electron chi connectivity index (χ0n) is 15.5. The first-order valence-electron chi connectivity index (χ1n) is 9.53. The van der Waals surface area contributed by atoms with Crippen LogP contribution < -0.4 is 5.32 Å². The number of benzene rings is 2. The van der Waals surface area contributed by atoms with Gasteiger partial charge < -0.3 is 5.32 Å². The van der Waals surface area contributed by atoms with Crippen LogP contribution in [0.2, 0.25) is 5.02 Å². The van der Waals surface area contributed by atoms with E-state index < -0.39 is 16.1 Å². The standard InChI is InChI=1S/C21H23ClN2O3S/c22-17-8-10-18(11-9-17)28(26,27)24-14-4-7-19(24)20(25)23-15-21(12-13-21)16-5-2-1-3-6-16/h1-3,5-6,8-11,19H,4,7,12-15H2,(H,23,25)/t19-/m1/s1. The van der Waals surface area contributed by atoms with E-state index in [0.717, 1.165) is 12.8 Å². The molecule has 0 radical (unpaired) electrons. The molecule has 1 aliphatic heterocycles. The van der Waals surface area contributed by atoms with Gasteiger partial charge in [-0.2, -0.15) is 4.31 Å². The molecule has 1 amide bonds. The number of sulfonamides is 1. The van der Waals surface area contributed by atoms with Gasteiger partial charge in [0.25, 0.3) is 0 Å². The first-order chi connectivity index (χ1) is 13.4. The number of halogens is 1. The van der Waals surface area contributed by atoms with Crippen LogP contribution in [0.1, 0.15) is 31.2 Å². The van der Waals surface area contributed by atoms with Crippen molar-refractivity contribution in [2.45, 2.75) is 42.0 Å². The third kappa shape index (κ3) is 3.69. The van der Waals surface area contributed by atoms with Crippen LogP contribution in [0.4, 0.5) is 0 Å². The third-order valence-corrected chi connectivity index (χ3v) is 7.94. The molecule has 5 nitrogen and oxygen atoms in total. The smallest absolute Gasteiger partial charge is 0.243 e. The van der Waals surface area contributed by atoms with Crippen molar-refractivity contribution in [2.24, 2.45) is 0 Å². The van der Waals surface area contributed by atoms with E-state index in [1.807, 2.05) is 18.2 Å². The molecule has 7 heteroatoms. The maximum atomic E-state index is 13.0. The van der Waals surface area contributed by atoms with E-state index in [2.05, 4.69) is 17.4 Å². The number of amides is 1. The summed E-state index contributed by atoms with van der Waals surface area (Å²) in [5.74, 6) is -0.211. The minimum atomic E-state index is -3.73. The molecular weight excluding hydrogens is 396 g/mol. The number of hydrogen-bond acceptors (Lipinski definition) is 3. The zero-order chi connectivity index (χ0) is 19.8. The molecule has 0 bridgehead atoms. The number of rotatable bonds is 6. The number of nitrogens with one attached hydrogen (secondary N) is 1. The Kier molecular flexibility index (Phi) is 5.21. The molecular formula is C21H23ClN2O3S. The average Bonchev–Trinajstić information content (AvgIpc) is 3.33. The minimum Gasteiger partial charge on any atom is -0.354 e. The summed E-state index contributed by atoms with van der Waals surface area (Å²) >= 11 is 5.87. The molecule has 1 aliphatic carbocycles. The second-order valence-electron chi connectivity index (χ2n) is 7.59. The molecule has 4 rings (SSSR count). The highest BCUT2D eigenvalue weighted by atomic mass is 35.5. The molecule has 1 heterocycles. The van der Waals surface area contributed by atoms with Gasteiger partial charge in [0.15, 0.2) is 0 Å². The fraction of sp³-hybridized carbons (Fsp3) is 0.381. The van der Waals surface area contributed by atoms with Crippen LogP contribution in [0.5, 0.6) is 0 Å². The van der Waals surface area contributed by atoms with Crippen molar-refractivity contribution in [3.05, 3.63) is 65.2 Å². The van der Waals surface area contributed by atoms with E-state index in [1.54, 1.807) is 12.1 Å². The monoisotopic (exact) mass is 418 g/mol. The summed E-state index contributed by atoms with van der Waals surface area (Å²) in [5.41, 5.74) is 1.22. The summed E-state index contributed by atoms with van der Waals surface area (Å²) in [4.78, 5) is 13.0. The van der Waals surface area contributed by atoms with Crippen molar-refractivity contribution >= 4 is 27.5 Å². The average molecular weight is 419 g/mol. The van der Waals surface area contributed by atoms with Crippen LogP contribution in [0.3, 0.4) is 0 Å². The molecule has 1 saturated carbocycles. The van der Waals surface area contributed by atoms with Crippen molar-refractivity contribution in [1.82, 2.24) is 9.62 Å². The highest BCUT2D eigenvalue weighted by molar-refractivity contribution is 7.89. The molecule has 0 spiro atoms. The van der Waals surface area contributed by atoms with Crippen LogP contribution in [-0.4, -0.2) is 37.8 Å². The Hall–Kier alpha value is -1.89. The molecule has 1 N–H and O–H groups in total. The van der Waals surface area contributed by atoms with Gasteiger partial charge in [0.1, 0.15) is 6.04 Å². The van der Waals surface area contributed by atoms with Gasteiger partial charge in [-0.05, 0) is 55.5 Å². The molecule has 2 aliphatic rings. The maximum Gasteiger partial charge on any atom is 0.243 e. The lowest BCUT2D eigenvalue weighted by Gasteiger charge is -2.25. The predicted molar refractivity (Wildman–Crippen MR) is 109 cm³/mol. The van der Waals surface area contributed by atoms with Gasteiger partial charge in [-0.3, -0.25) is 4.79 Å². The Balaban J connectivity index is 1.46. The van der Waals surface area contributed by atoms with Crippen LogP contribution in [0.15, 0.2) is 59.5 Å². The summed E-state index contributed by atoms with van der Waals surface area (Å²) in [6, 6.07) is 15.6. The van der Waals surface area contributed by atoms with Gasteiger partial charge in [0.05, 0.1) is 4.90 Å². The van der Waals surface area contributed by atoms with Crippen molar-refractivity contribution < 1.29 is 13.2 Å². The van der Waals surface area contributed by atoms with E-state index in [-0.39, 0.29) is 16.2 Å². The Bertz CT molecular complexity index is 957. The molecule has 0 aromatic heterocycles. The number of carbonyl (C=O) groups is 1. The van der Waals surface area contributed by atoms with E-state index >= 15 is 0 Å². The summed E-state index contributed by atoms with van der Waals surface area (Å²) in [5, 5.41) is 3.50. The Labute approximate surface area is 170 Å². The molecule has 2 fully saturated rings. The number of carbonyl (C=O) groups excluding carboxylic acids is 1. The van der Waals surface area contributed by atoms with Crippen molar-refractivity contribution in [1.29, 1.82) is 0 Å². The van der Waals surface area contributed by atoms with Crippen LogP contribution in [0, 0.1) is 0 Å². The maximum absolute atomic E-state index is 13.0. The van der Waals surface area contributed by atoms with Gasteiger partial charge >= 0.3 is 0 Å². The van der Waals surface area contributed by atoms with Crippen molar-refractivity contribution in [3.63, 3.8) is 0 Å². The largest absolute Gasteiger partial charge is 0.354 e. The lowest BCUT2D eigenvalue weighted by Crippen LogP contribution is -2.47. The van der Waals surface area contributed by atoms with Crippen molar-refractivity contribution in [3.8, 4) is 0 Å². The molecule has 28 heavy (non-hydrogen) atoms. The van der Waals surface area contributed by atoms with Gasteiger partial charge in [0, 0.05) is 23.5 Å². The van der Waals surface area contributed by atoms with Gasteiger partial charge in [0.2, 0.25) is 15.9 Å². The van der Waals surface area contributed by atoms with Gasteiger partial charge in [-0.25, -0.2) is 8.42 Å². The SMILES string of the molecule is O=C(NCC1(c2ccccc2)CC1)[C@H]1CCCN1S(=O)(=O)c1ccc(Cl)cc1. The fourth-order valence-electron chi connectivity index (χ4n) is 3.92. The van der Waals surface area contributed by atoms with Crippen LogP contribution in [-0.2, 0) is 20.2 Å². The van der Waals surface area contributed by atoms with Gasteiger partial charge in [-0.15, -0.1) is 0 Å². The van der Waals surface area contributed by atoms with E-state index in [4.69, 9.17) is 11.6 Å². The zero-order valence-corrected chi connectivity index (χ0v) is 17.0. The van der Waals surface area contributed by atoms with Gasteiger partial charge in [-0.1, -0.05) is 41.9 Å². The lowest BCUT2D eigenvalue weighted by atomic mass is 9.96. The highest BCUT2D eigenvalue weighted by Gasteiger charge is 2.45. The normalized spacial score (nSPS) is 21.4. The Morgan fingerprint density at radius 2 is 1.79 bits per heavy atom. The van der Waals surface area contributed by atoms with Crippen LogP contribution in [0.25, 0.3) is 0 Å². The second-order valence-corrected chi connectivity index (χ2v) is 9.92. The topological polar surface area (TPSA) is 66.5 Å². The molecule has 1 saturated heterocycles. The molecule has 1 atom stereocenters. The Morgan fingerprint density at radius 3 is 2.43 bits per heavy atom. The molecule has 2 aromatic carbocycles. The summed E-state index contributed by atoms with van der Waals surface area (Å²) in [6.07, 6.45) is 3.29. The van der Waals surface area contributed by atoms with E-state index in [9.17, 15) is 13.2 Å². The highest BCUT2D eigenvalue weighted by Crippen LogP contribution is 2.47. The summed E-state index contributed by atoms with van der Waals surface area (Å²) in [6.45, 7) is 0.897. The van der Waals surface area contributed by atoms with Crippen molar-refractivity contribution in [2.75, 3.05) is 13.1 Å².